The van der Waals surface area contributed by atoms with E-state index in [0.717, 1.165) is 66.4 Å². The van der Waals surface area contributed by atoms with E-state index in [1.807, 2.05) is 0 Å². The lowest BCUT2D eigenvalue weighted by Crippen LogP contribution is -2.18. The molecule has 2 saturated carbocycles. The minimum Gasteiger partial charge on any atom is -0.493 e. The van der Waals surface area contributed by atoms with E-state index < -0.39 is 0 Å². The molecule has 0 spiro atoms. The summed E-state index contributed by atoms with van der Waals surface area (Å²) in [4.78, 5) is 10.5. The first-order valence-electron chi connectivity index (χ1n) is 21.1. The Hall–Kier alpha value is -4.84. The zero-order valence-electron chi connectivity index (χ0n) is 34.1. The summed E-state index contributed by atoms with van der Waals surface area (Å²) in [5, 5.41) is 4.18. The molecule has 5 aromatic carbocycles. The number of aromatic nitrogens is 2. The minimum absolute atomic E-state index is 0.0413. The van der Waals surface area contributed by atoms with Crippen molar-refractivity contribution in [3.63, 3.8) is 0 Å². The van der Waals surface area contributed by atoms with E-state index >= 15 is 0 Å². The van der Waals surface area contributed by atoms with Gasteiger partial charge in [0.05, 0.1) is 24.3 Å². The van der Waals surface area contributed by atoms with Crippen molar-refractivity contribution in [2.24, 2.45) is 10.8 Å². The van der Waals surface area contributed by atoms with Gasteiger partial charge in [0.2, 0.25) is 11.8 Å². The van der Waals surface area contributed by atoms with Gasteiger partial charge in [-0.05, 0) is 93.2 Å². The largest absolute Gasteiger partial charge is 0.493 e. The number of ether oxygens (including phenoxy) is 2. The molecule has 290 valence electrons. The maximum Gasteiger partial charge on any atom is 0.228 e. The Morgan fingerprint density at radius 3 is 1.21 bits per heavy atom. The minimum atomic E-state index is 0.0413. The van der Waals surface area contributed by atoms with Crippen LogP contribution in [0, 0.1) is 10.8 Å². The predicted octanol–water partition coefficient (Wildman–Crippen LogP) is 14.6. The van der Waals surface area contributed by atoms with Crippen LogP contribution in [-0.4, -0.2) is 23.2 Å². The van der Waals surface area contributed by atoms with Gasteiger partial charge in [0, 0.05) is 12.1 Å². The Kier molecular flexibility index (Phi) is 9.58. The summed E-state index contributed by atoms with van der Waals surface area (Å²) >= 11 is 0. The molecule has 2 fully saturated rings. The average molecular weight is 749 g/mol. The van der Waals surface area contributed by atoms with E-state index in [1.54, 1.807) is 0 Å². The molecule has 0 aliphatic heterocycles. The van der Waals surface area contributed by atoms with E-state index in [9.17, 15) is 0 Å². The fourth-order valence-corrected chi connectivity index (χ4v) is 9.05. The Morgan fingerprint density at radius 2 is 0.875 bits per heavy atom. The highest BCUT2D eigenvalue weighted by Gasteiger charge is 2.28. The second-order valence-corrected chi connectivity index (χ2v) is 19.0. The molecule has 6 nitrogen and oxygen atoms in total. The Balaban J connectivity index is 1.19. The molecule has 0 unspecified atom stereocenters. The second-order valence-electron chi connectivity index (χ2n) is 19.0. The van der Waals surface area contributed by atoms with Crippen LogP contribution in [0.4, 0.5) is 0 Å². The molecule has 2 heterocycles. The summed E-state index contributed by atoms with van der Waals surface area (Å²) in [5.41, 5.74) is 7.80. The molecular formula is C50H56N2O4. The molecule has 2 aliphatic rings. The number of hydrogen-bond acceptors (Lipinski definition) is 6. The fourth-order valence-electron chi connectivity index (χ4n) is 9.05. The lowest BCUT2D eigenvalue weighted by Gasteiger charge is -2.26. The van der Waals surface area contributed by atoms with E-state index in [2.05, 4.69) is 114 Å². The van der Waals surface area contributed by atoms with Gasteiger partial charge in [-0.2, -0.15) is 0 Å². The van der Waals surface area contributed by atoms with Crippen molar-refractivity contribution in [1.29, 1.82) is 0 Å². The molecule has 2 aromatic heterocycles. The van der Waals surface area contributed by atoms with Crippen LogP contribution in [0.15, 0.2) is 81.6 Å². The van der Waals surface area contributed by atoms with Crippen LogP contribution < -0.4 is 9.47 Å². The van der Waals surface area contributed by atoms with Crippen molar-refractivity contribution in [2.45, 2.75) is 118 Å². The molecule has 9 rings (SSSR count). The van der Waals surface area contributed by atoms with Crippen LogP contribution >= 0.6 is 0 Å². The first kappa shape index (κ1) is 36.8. The summed E-state index contributed by atoms with van der Waals surface area (Å²) in [6, 6.07) is 25.7. The predicted molar refractivity (Wildman–Crippen MR) is 229 cm³/mol. The fraction of sp³-hybridized carbons (Fsp3) is 0.440. The molecule has 56 heavy (non-hydrogen) atoms. The van der Waals surface area contributed by atoms with E-state index in [0.29, 0.717) is 36.8 Å². The van der Waals surface area contributed by atoms with Crippen molar-refractivity contribution >= 4 is 43.7 Å². The molecule has 0 bridgehead atoms. The molecule has 0 saturated heterocycles. The lowest BCUT2D eigenvalue weighted by atomic mass is 9.83. The zero-order chi connectivity index (χ0) is 38.6. The third-order valence-corrected chi connectivity index (χ3v) is 11.8. The van der Waals surface area contributed by atoms with Crippen LogP contribution in [0.2, 0.25) is 0 Å². The Morgan fingerprint density at radius 1 is 0.518 bits per heavy atom. The average Bonchev–Trinajstić information content (AvgIpc) is 3.80. The van der Waals surface area contributed by atoms with Crippen LogP contribution in [-0.2, 0) is 0 Å². The van der Waals surface area contributed by atoms with Gasteiger partial charge in [-0.15, -0.1) is 0 Å². The lowest BCUT2D eigenvalue weighted by molar-refractivity contribution is 0.195. The molecular weight excluding hydrogens is 693 g/mol. The zero-order valence-corrected chi connectivity index (χ0v) is 34.1. The van der Waals surface area contributed by atoms with Crippen LogP contribution in [0.25, 0.3) is 66.7 Å². The van der Waals surface area contributed by atoms with Crippen molar-refractivity contribution in [2.75, 3.05) is 13.2 Å². The second kappa shape index (κ2) is 14.6. The van der Waals surface area contributed by atoms with Gasteiger partial charge in [0.25, 0.3) is 0 Å². The number of fused-ring (bicyclic) bond motifs is 4. The summed E-state index contributed by atoms with van der Waals surface area (Å²) < 4.78 is 26.7. The smallest absolute Gasteiger partial charge is 0.228 e. The number of nitrogens with zero attached hydrogens (tertiary/aromatic N) is 2. The molecule has 6 heteroatoms. The van der Waals surface area contributed by atoms with Crippen molar-refractivity contribution in [3.8, 4) is 34.4 Å². The third-order valence-electron chi connectivity index (χ3n) is 11.8. The maximum absolute atomic E-state index is 6.77. The summed E-state index contributed by atoms with van der Waals surface area (Å²) in [6.07, 6.45) is 12.4. The van der Waals surface area contributed by atoms with Gasteiger partial charge in [0.15, 0.2) is 11.2 Å². The number of oxazole rings is 2. The van der Waals surface area contributed by atoms with Gasteiger partial charge >= 0.3 is 0 Å². The SMILES string of the molecule is CC(C)(C)COc1cc2oc(-c3c4ccccc4c(-c4nc5cc(C6CCCCC6)c(OCC(C)(C)C)cc5o4)c4ccccc34)nc2cc1C1CCCCC1. The number of benzene rings is 5. The molecule has 0 radical (unpaired) electrons. The number of rotatable bonds is 8. The highest BCUT2D eigenvalue weighted by atomic mass is 16.5. The Bertz CT molecular complexity index is 2300. The molecule has 2 aliphatic carbocycles. The van der Waals surface area contributed by atoms with Gasteiger partial charge in [-0.1, -0.05) is 129 Å². The normalized spacial score (nSPS) is 16.4. The van der Waals surface area contributed by atoms with Crippen LogP contribution in [0.1, 0.15) is 129 Å². The van der Waals surface area contributed by atoms with Crippen molar-refractivity contribution in [1.82, 2.24) is 9.97 Å². The highest BCUT2D eigenvalue weighted by Crippen LogP contribution is 2.47. The van der Waals surface area contributed by atoms with Crippen LogP contribution in [0.5, 0.6) is 11.5 Å². The summed E-state index contributed by atoms with van der Waals surface area (Å²) in [7, 11) is 0. The van der Waals surface area contributed by atoms with Gasteiger partial charge in [-0.3, -0.25) is 0 Å². The first-order valence-corrected chi connectivity index (χ1v) is 21.1. The quantitative estimate of drug-likeness (QED) is 0.144. The summed E-state index contributed by atoms with van der Waals surface area (Å²) in [6.45, 7) is 14.6. The van der Waals surface area contributed by atoms with Gasteiger partial charge in [0.1, 0.15) is 22.5 Å². The third kappa shape index (κ3) is 7.28. The molecule has 7 aromatic rings. The molecule has 0 atom stereocenters. The van der Waals surface area contributed by atoms with Crippen molar-refractivity contribution in [3.05, 3.63) is 83.9 Å². The van der Waals surface area contributed by atoms with Gasteiger partial charge in [-0.25, -0.2) is 9.97 Å². The van der Waals surface area contributed by atoms with Gasteiger partial charge < -0.3 is 18.3 Å². The first-order chi connectivity index (χ1) is 27.0. The van der Waals surface area contributed by atoms with Crippen LogP contribution in [0.3, 0.4) is 0 Å². The number of hydrogen-bond donors (Lipinski definition) is 0. The molecule has 0 N–H and O–H groups in total. The van der Waals surface area contributed by atoms with E-state index in [-0.39, 0.29) is 10.8 Å². The van der Waals surface area contributed by atoms with E-state index in [4.69, 9.17) is 28.3 Å². The Labute approximate surface area is 331 Å². The van der Waals surface area contributed by atoms with E-state index in [1.165, 1.54) is 75.3 Å². The molecule has 0 amide bonds. The standard InChI is InChI=1S/C50H56N2O4/c1-49(2,3)29-53-41-27-43-39(25-37(41)31-17-9-7-10-18-31)51-47(55-43)45-33-21-13-15-23-35(33)46(36-24-16-14-22-34(36)45)48-52-40-26-38(32-19-11-8-12-20-32)42(28-44(40)56-48)54-30-50(4,5)6/h13-16,21-28,31-32H,7-12,17-20,29-30H2,1-6H3. The van der Waals surface area contributed by atoms with Crippen molar-refractivity contribution < 1.29 is 18.3 Å². The topological polar surface area (TPSA) is 70.5 Å². The maximum atomic E-state index is 6.77. The summed E-state index contributed by atoms with van der Waals surface area (Å²) in [5.74, 6) is 4.03. The highest BCUT2D eigenvalue weighted by molar-refractivity contribution is 6.20. The monoisotopic (exact) mass is 748 g/mol.